The molecule has 0 spiro atoms. The van der Waals surface area contributed by atoms with Crippen molar-refractivity contribution in [1.82, 2.24) is 0 Å². The third-order valence-corrected chi connectivity index (χ3v) is 5.35. The summed E-state index contributed by atoms with van der Waals surface area (Å²) in [5.74, 6) is -1.67. The second kappa shape index (κ2) is 14.7. The van der Waals surface area contributed by atoms with E-state index in [0.717, 1.165) is 13.8 Å². The quantitative estimate of drug-likeness (QED) is 0.337. The standard InChI is InChI=1S/C18H14P.2C2H4O2.Pd/c1-4-10-16(11-5-1)19(17-12-6-2-7-13-17)18-14-8-3-9-15-18;2*1-2(3)4;/h1-14H;2*1H3,(H,3,4);/q-1;;;. The smallest absolute Gasteiger partial charge is 0.300 e. The minimum Gasteiger partial charge on any atom is -0.481 e. The van der Waals surface area contributed by atoms with E-state index < -0.39 is 19.9 Å². The zero-order chi connectivity index (χ0) is 20.1. The maximum atomic E-state index is 9.00. The van der Waals surface area contributed by atoms with Crippen molar-refractivity contribution in [1.29, 1.82) is 0 Å². The van der Waals surface area contributed by atoms with Crippen molar-refractivity contribution in [3.8, 4) is 0 Å². The van der Waals surface area contributed by atoms with Crippen molar-refractivity contribution in [2.24, 2.45) is 0 Å². The van der Waals surface area contributed by atoms with Crippen LogP contribution in [0.2, 0.25) is 0 Å². The van der Waals surface area contributed by atoms with Crippen molar-refractivity contribution >= 4 is 35.8 Å². The monoisotopic (exact) mass is 487 g/mol. The van der Waals surface area contributed by atoms with Gasteiger partial charge in [-0.15, -0.1) is 5.30 Å². The first-order valence-corrected chi connectivity index (χ1v) is 9.52. The van der Waals surface area contributed by atoms with Crippen LogP contribution in [0, 0.1) is 6.07 Å². The molecule has 6 heteroatoms. The molecular weight excluding hydrogens is 466 g/mol. The summed E-state index contributed by atoms with van der Waals surface area (Å²) in [6, 6.07) is 33.1. The average molecular weight is 488 g/mol. The minimum atomic E-state index is -0.833. The predicted molar refractivity (Wildman–Crippen MR) is 111 cm³/mol. The van der Waals surface area contributed by atoms with E-state index in [9.17, 15) is 0 Å². The van der Waals surface area contributed by atoms with Crippen molar-refractivity contribution in [3.05, 3.63) is 91.0 Å². The van der Waals surface area contributed by atoms with Crippen LogP contribution in [0.25, 0.3) is 0 Å². The van der Waals surface area contributed by atoms with Gasteiger partial charge in [0, 0.05) is 34.3 Å². The molecule has 3 aromatic rings. The Morgan fingerprint density at radius 1 is 0.714 bits per heavy atom. The Morgan fingerprint density at radius 3 is 1.39 bits per heavy atom. The van der Waals surface area contributed by atoms with Gasteiger partial charge in [-0.25, -0.2) is 0 Å². The Labute approximate surface area is 180 Å². The molecule has 0 atom stereocenters. The maximum absolute atomic E-state index is 9.00. The molecule has 0 aliphatic rings. The molecule has 0 bridgehead atoms. The average Bonchev–Trinajstić information content (AvgIpc) is 2.64. The van der Waals surface area contributed by atoms with E-state index >= 15 is 0 Å². The van der Waals surface area contributed by atoms with E-state index in [1.54, 1.807) is 0 Å². The topological polar surface area (TPSA) is 74.6 Å². The van der Waals surface area contributed by atoms with E-state index in [4.69, 9.17) is 19.8 Å². The number of rotatable bonds is 3. The number of carboxylic acid groups (broad SMARTS) is 2. The Bertz CT molecular complexity index is 698. The Hall–Kier alpha value is -2.31. The summed E-state index contributed by atoms with van der Waals surface area (Å²) in [7, 11) is -0.502. The van der Waals surface area contributed by atoms with E-state index in [1.165, 1.54) is 15.9 Å². The minimum absolute atomic E-state index is 0. The fourth-order valence-electron chi connectivity index (χ4n) is 2.10. The van der Waals surface area contributed by atoms with Crippen LogP contribution >= 0.6 is 7.92 Å². The zero-order valence-electron chi connectivity index (χ0n) is 15.6. The molecule has 150 valence electrons. The van der Waals surface area contributed by atoms with Crippen molar-refractivity contribution in [2.45, 2.75) is 13.8 Å². The van der Waals surface area contributed by atoms with Crippen molar-refractivity contribution < 1.29 is 40.2 Å². The van der Waals surface area contributed by atoms with Crippen LogP contribution in [0.3, 0.4) is 0 Å². The molecule has 0 amide bonds. The normalized spacial score (nSPS) is 8.96. The van der Waals surface area contributed by atoms with E-state index in [1.807, 2.05) is 12.1 Å². The van der Waals surface area contributed by atoms with Crippen LogP contribution in [0.4, 0.5) is 0 Å². The first kappa shape index (κ1) is 25.7. The van der Waals surface area contributed by atoms with Gasteiger partial charge in [0.25, 0.3) is 11.9 Å². The molecule has 0 aromatic heterocycles. The van der Waals surface area contributed by atoms with Gasteiger partial charge in [-0.3, -0.25) is 9.59 Å². The summed E-state index contributed by atoms with van der Waals surface area (Å²) in [5, 5.41) is 18.8. The number of hydrogen-bond donors (Lipinski definition) is 2. The second-order valence-corrected chi connectivity index (χ2v) is 7.48. The van der Waals surface area contributed by atoms with Gasteiger partial charge in [0.15, 0.2) is 0 Å². The summed E-state index contributed by atoms with van der Waals surface area (Å²) in [4.78, 5) is 18.0. The zero-order valence-corrected chi connectivity index (χ0v) is 18.0. The van der Waals surface area contributed by atoms with Crippen LogP contribution in [-0.4, -0.2) is 22.2 Å². The molecule has 2 N–H and O–H groups in total. The summed E-state index contributed by atoms with van der Waals surface area (Å²) in [5.41, 5.74) is 0. The van der Waals surface area contributed by atoms with E-state index in [0.29, 0.717) is 0 Å². The molecule has 0 saturated carbocycles. The molecule has 0 heterocycles. The van der Waals surface area contributed by atoms with Gasteiger partial charge < -0.3 is 10.2 Å². The summed E-state index contributed by atoms with van der Waals surface area (Å²) in [6.07, 6.45) is 0. The number of benzene rings is 3. The summed E-state index contributed by atoms with van der Waals surface area (Å²) in [6.45, 7) is 2.17. The van der Waals surface area contributed by atoms with Crippen LogP contribution in [0.5, 0.6) is 0 Å². The molecule has 4 nitrogen and oxygen atoms in total. The molecule has 0 radical (unpaired) electrons. The van der Waals surface area contributed by atoms with Crippen LogP contribution in [0.1, 0.15) is 13.8 Å². The molecule has 0 saturated heterocycles. The number of aliphatic carboxylic acids is 2. The SMILES string of the molecule is CC(=O)O.CC(=O)O.[Pd].[c-]1ccccc1P(c1ccccc1)c1ccccc1. The Balaban J connectivity index is 0.000000697. The van der Waals surface area contributed by atoms with E-state index in [-0.39, 0.29) is 20.4 Å². The van der Waals surface area contributed by atoms with Crippen LogP contribution in [-0.2, 0) is 30.0 Å². The number of hydrogen-bond acceptors (Lipinski definition) is 2. The van der Waals surface area contributed by atoms with Crippen molar-refractivity contribution in [3.63, 3.8) is 0 Å². The van der Waals surface area contributed by atoms with Gasteiger partial charge in [-0.2, -0.15) is 30.3 Å². The second-order valence-electron chi connectivity index (χ2n) is 5.29. The first-order valence-electron chi connectivity index (χ1n) is 8.17. The van der Waals surface area contributed by atoms with Gasteiger partial charge in [0.2, 0.25) is 0 Å². The molecule has 28 heavy (non-hydrogen) atoms. The predicted octanol–water partition coefficient (Wildman–Crippen LogP) is 3.42. The van der Waals surface area contributed by atoms with Gasteiger partial charge >= 0.3 is 0 Å². The van der Waals surface area contributed by atoms with Gasteiger partial charge in [-0.1, -0.05) is 60.7 Å². The van der Waals surface area contributed by atoms with Gasteiger partial charge in [0.1, 0.15) is 0 Å². The van der Waals surface area contributed by atoms with Crippen LogP contribution in [0.15, 0.2) is 84.9 Å². The maximum Gasteiger partial charge on any atom is 0.300 e. The molecule has 0 aliphatic heterocycles. The molecule has 3 rings (SSSR count). The molecule has 0 fully saturated rings. The Kier molecular flexibility index (Phi) is 13.5. The molecular formula is C22H22O4PPd-. The summed E-state index contributed by atoms with van der Waals surface area (Å²) >= 11 is 0. The molecule has 0 aliphatic carbocycles. The summed E-state index contributed by atoms with van der Waals surface area (Å²) < 4.78 is 0. The molecule has 0 unspecified atom stereocenters. The third-order valence-electron chi connectivity index (χ3n) is 2.96. The van der Waals surface area contributed by atoms with Crippen LogP contribution < -0.4 is 15.9 Å². The Morgan fingerprint density at radius 2 is 1.07 bits per heavy atom. The fourth-order valence-corrected chi connectivity index (χ4v) is 4.34. The van der Waals surface area contributed by atoms with E-state index in [2.05, 4.69) is 78.9 Å². The first-order chi connectivity index (χ1) is 12.9. The number of carbonyl (C=O) groups is 2. The van der Waals surface area contributed by atoms with Crippen molar-refractivity contribution in [2.75, 3.05) is 0 Å². The number of carboxylic acids is 2. The third kappa shape index (κ3) is 10.7. The van der Waals surface area contributed by atoms with Gasteiger partial charge in [0.05, 0.1) is 0 Å². The van der Waals surface area contributed by atoms with Gasteiger partial charge in [-0.05, 0) is 18.5 Å². The largest absolute Gasteiger partial charge is 0.481 e. The molecule has 3 aromatic carbocycles. The fraction of sp³-hybridized carbons (Fsp3) is 0.0909.